The van der Waals surface area contributed by atoms with E-state index in [2.05, 4.69) is 36.5 Å². The molecule has 0 amide bonds. The minimum Gasteiger partial charge on any atom is -0.334 e. The van der Waals surface area contributed by atoms with E-state index in [1.54, 1.807) is 0 Å². The molecule has 2 heteroatoms. The van der Waals surface area contributed by atoms with Crippen LogP contribution in [-0.2, 0) is 0 Å². The maximum atomic E-state index is 4.07. The minimum absolute atomic E-state index is 0.515. The van der Waals surface area contributed by atoms with Crippen LogP contribution in [0, 0.1) is 11.3 Å². The van der Waals surface area contributed by atoms with Gasteiger partial charge in [-0.05, 0) is 24.7 Å². The van der Waals surface area contributed by atoms with Crippen LogP contribution in [-0.4, -0.2) is 9.55 Å². The Morgan fingerprint density at radius 2 is 2.33 bits per heavy atom. The van der Waals surface area contributed by atoms with E-state index >= 15 is 0 Å². The van der Waals surface area contributed by atoms with E-state index in [0.29, 0.717) is 11.5 Å². The summed E-state index contributed by atoms with van der Waals surface area (Å²) >= 11 is 0. The average molecular weight is 164 g/mol. The number of nitrogens with zero attached hydrogens (tertiary/aromatic N) is 2. The highest BCUT2D eigenvalue weighted by molar-refractivity contribution is 5.02. The first-order valence-electron chi connectivity index (χ1n) is 4.62. The second-order valence-corrected chi connectivity index (χ2v) is 4.30. The maximum Gasteiger partial charge on any atom is 0.0948 e. The minimum atomic E-state index is 0.515. The molecule has 0 N–H and O–H groups in total. The van der Waals surface area contributed by atoms with E-state index in [1.165, 1.54) is 6.42 Å². The number of hydrogen-bond acceptors (Lipinski definition) is 1. The zero-order valence-electron chi connectivity index (χ0n) is 7.99. The van der Waals surface area contributed by atoms with Crippen LogP contribution in [0.25, 0.3) is 0 Å². The monoisotopic (exact) mass is 164 g/mol. The summed E-state index contributed by atoms with van der Waals surface area (Å²) in [6.45, 7) is 6.97. The van der Waals surface area contributed by atoms with Crippen LogP contribution in [0.2, 0.25) is 0 Å². The fraction of sp³-hybridized carbons (Fsp3) is 0.700. The van der Waals surface area contributed by atoms with Gasteiger partial charge in [0.1, 0.15) is 0 Å². The molecular formula is C10H16N2. The molecule has 3 unspecified atom stereocenters. The van der Waals surface area contributed by atoms with E-state index in [0.717, 1.165) is 5.92 Å². The lowest BCUT2D eigenvalue weighted by molar-refractivity contribution is 0.333. The van der Waals surface area contributed by atoms with Gasteiger partial charge in [0.2, 0.25) is 0 Å². The van der Waals surface area contributed by atoms with Crippen molar-refractivity contribution in [3.8, 4) is 0 Å². The number of aromatic nitrogens is 2. The van der Waals surface area contributed by atoms with Crippen molar-refractivity contribution < 1.29 is 0 Å². The molecule has 1 fully saturated rings. The van der Waals surface area contributed by atoms with Crippen LogP contribution in [0.4, 0.5) is 0 Å². The van der Waals surface area contributed by atoms with E-state index in [4.69, 9.17) is 0 Å². The van der Waals surface area contributed by atoms with Crippen molar-refractivity contribution in [2.45, 2.75) is 33.2 Å². The van der Waals surface area contributed by atoms with Gasteiger partial charge in [0, 0.05) is 18.4 Å². The molecular weight excluding hydrogens is 148 g/mol. The predicted octanol–water partition coefficient (Wildman–Crippen LogP) is 2.49. The Morgan fingerprint density at radius 3 is 2.75 bits per heavy atom. The molecule has 0 saturated heterocycles. The molecule has 0 radical (unpaired) electrons. The molecule has 0 aliphatic heterocycles. The molecule has 0 aromatic carbocycles. The summed E-state index contributed by atoms with van der Waals surface area (Å²) in [5.41, 5.74) is 0.515. The number of hydrogen-bond donors (Lipinski definition) is 0. The Hall–Kier alpha value is -0.790. The third-order valence-electron chi connectivity index (χ3n) is 3.64. The van der Waals surface area contributed by atoms with Crippen LogP contribution < -0.4 is 0 Å². The molecule has 1 saturated carbocycles. The molecule has 0 spiro atoms. The predicted molar refractivity (Wildman–Crippen MR) is 48.8 cm³/mol. The first kappa shape index (κ1) is 7.84. The third kappa shape index (κ3) is 0.977. The van der Waals surface area contributed by atoms with Crippen molar-refractivity contribution in [3.05, 3.63) is 18.7 Å². The molecule has 1 aromatic heterocycles. The van der Waals surface area contributed by atoms with Gasteiger partial charge in [-0.15, -0.1) is 0 Å². The summed E-state index contributed by atoms with van der Waals surface area (Å²) in [5, 5.41) is 0. The lowest BCUT2D eigenvalue weighted by atomic mass is 9.98. The fourth-order valence-corrected chi connectivity index (χ4v) is 2.02. The molecule has 3 atom stereocenters. The number of imidazole rings is 1. The van der Waals surface area contributed by atoms with Gasteiger partial charge in [-0.3, -0.25) is 0 Å². The standard InChI is InChI=1S/C10H16N2/c1-8-6-10(8,3)9(2)12-5-4-11-7-12/h4-5,7-9H,6H2,1-3H3. The molecule has 66 valence electrons. The van der Waals surface area contributed by atoms with Crippen LogP contribution >= 0.6 is 0 Å². The lowest BCUT2D eigenvalue weighted by Gasteiger charge is -2.21. The van der Waals surface area contributed by atoms with Crippen LogP contribution in [0.3, 0.4) is 0 Å². The van der Waals surface area contributed by atoms with Gasteiger partial charge in [-0.1, -0.05) is 13.8 Å². The molecule has 1 aliphatic carbocycles. The second-order valence-electron chi connectivity index (χ2n) is 4.30. The smallest absolute Gasteiger partial charge is 0.0948 e. The van der Waals surface area contributed by atoms with Gasteiger partial charge in [-0.2, -0.15) is 0 Å². The summed E-state index contributed by atoms with van der Waals surface area (Å²) in [7, 11) is 0. The molecule has 1 aromatic rings. The Balaban J connectivity index is 2.17. The fourth-order valence-electron chi connectivity index (χ4n) is 2.02. The van der Waals surface area contributed by atoms with Gasteiger partial charge in [0.05, 0.1) is 6.33 Å². The quantitative estimate of drug-likeness (QED) is 0.656. The van der Waals surface area contributed by atoms with Gasteiger partial charge in [0.15, 0.2) is 0 Å². The molecule has 1 heterocycles. The topological polar surface area (TPSA) is 17.8 Å². The van der Waals surface area contributed by atoms with Crippen LogP contribution in [0.5, 0.6) is 0 Å². The van der Waals surface area contributed by atoms with Crippen molar-refractivity contribution in [1.82, 2.24) is 9.55 Å². The zero-order chi connectivity index (χ0) is 8.77. The van der Waals surface area contributed by atoms with Crippen molar-refractivity contribution in [1.29, 1.82) is 0 Å². The first-order chi connectivity index (χ1) is 5.64. The van der Waals surface area contributed by atoms with Gasteiger partial charge < -0.3 is 4.57 Å². The molecule has 0 bridgehead atoms. The van der Waals surface area contributed by atoms with E-state index in [1.807, 2.05) is 12.5 Å². The normalized spacial score (nSPS) is 36.4. The third-order valence-corrected chi connectivity index (χ3v) is 3.64. The van der Waals surface area contributed by atoms with Crippen LogP contribution in [0.1, 0.15) is 33.2 Å². The first-order valence-corrected chi connectivity index (χ1v) is 4.62. The van der Waals surface area contributed by atoms with E-state index in [9.17, 15) is 0 Å². The van der Waals surface area contributed by atoms with Crippen molar-refractivity contribution in [2.24, 2.45) is 11.3 Å². The van der Waals surface area contributed by atoms with Crippen molar-refractivity contribution in [2.75, 3.05) is 0 Å². The molecule has 1 aliphatic rings. The number of rotatable bonds is 2. The highest BCUT2D eigenvalue weighted by atomic mass is 15.1. The summed E-state index contributed by atoms with van der Waals surface area (Å²) in [5.74, 6) is 0.870. The summed E-state index contributed by atoms with van der Waals surface area (Å²) < 4.78 is 2.21. The lowest BCUT2D eigenvalue weighted by Crippen LogP contribution is -2.14. The van der Waals surface area contributed by atoms with Gasteiger partial charge >= 0.3 is 0 Å². The highest BCUT2D eigenvalue weighted by Gasteiger charge is 2.50. The van der Waals surface area contributed by atoms with Gasteiger partial charge in [0.25, 0.3) is 0 Å². The van der Waals surface area contributed by atoms with E-state index in [-0.39, 0.29) is 0 Å². The Labute approximate surface area is 73.6 Å². The SMILES string of the molecule is CC1CC1(C)C(C)n1ccnc1. The average Bonchev–Trinajstić information content (AvgIpc) is 2.59. The summed E-state index contributed by atoms with van der Waals surface area (Å²) in [4.78, 5) is 4.07. The summed E-state index contributed by atoms with van der Waals surface area (Å²) in [6, 6.07) is 0.593. The Bertz CT molecular complexity index is 265. The Kier molecular flexibility index (Phi) is 1.53. The van der Waals surface area contributed by atoms with Crippen LogP contribution in [0.15, 0.2) is 18.7 Å². The molecule has 2 rings (SSSR count). The Morgan fingerprint density at radius 1 is 1.67 bits per heavy atom. The second kappa shape index (κ2) is 2.35. The van der Waals surface area contributed by atoms with Crippen molar-refractivity contribution in [3.63, 3.8) is 0 Å². The van der Waals surface area contributed by atoms with Crippen molar-refractivity contribution >= 4 is 0 Å². The highest BCUT2D eigenvalue weighted by Crippen LogP contribution is 2.58. The summed E-state index contributed by atoms with van der Waals surface area (Å²) in [6.07, 6.45) is 7.18. The largest absolute Gasteiger partial charge is 0.334 e. The maximum absolute atomic E-state index is 4.07. The molecule has 12 heavy (non-hydrogen) atoms. The van der Waals surface area contributed by atoms with E-state index < -0.39 is 0 Å². The zero-order valence-corrected chi connectivity index (χ0v) is 7.99. The molecule has 2 nitrogen and oxygen atoms in total. The van der Waals surface area contributed by atoms with Gasteiger partial charge in [-0.25, -0.2) is 4.98 Å².